The van der Waals surface area contributed by atoms with E-state index in [-0.39, 0.29) is 0 Å². The lowest BCUT2D eigenvalue weighted by molar-refractivity contribution is 0.203. The first kappa shape index (κ1) is 13.8. The van der Waals surface area contributed by atoms with Crippen molar-refractivity contribution in [2.45, 2.75) is 26.0 Å². The highest BCUT2D eigenvalue weighted by Gasteiger charge is 2.18. The van der Waals surface area contributed by atoms with E-state index in [1.165, 1.54) is 0 Å². The van der Waals surface area contributed by atoms with Crippen molar-refractivity contribution in [3.05, 3.63) is 50.6 Å². The Bertz CT molecular complexity index is 542. The minimum Gasteiger partial charge on any atom is -0.380 e. The zero-order chi connectivity index (χ0) is 13.1. The first-order valence-electron chi connectivity index (χ1n) is 5.77. The van der Waals surface area contributed by atoms with Gasteiger partial charge in [-0.25, -0.2) is 4.98 Å². The Morgan fingerprint density at radius 2 is 2.28 bits per heavy atom. The van der Waals surface area contributed by atoms with Gasteiger partial charge in [0.2, 0.25) is 0 Å². The van der Waals surface area contributed by atoms with Crippen LogP contribution in [0.2, 0.25) is 5.02 Å². The van der Waals surface area contributed by atoms with Gasteiger partial charge in [0, 0.05) is 33.1 Å². The van der Waals surface area contributed by atoms with E-state index in [4.69, 9.17) is 11.6 Å². The highest BCUT2D eigenvalue weighted by Crippen LogP contribution is 2.27. The second-order valence-corrected chi connectivity index (χ2v) is 5.65. The SMILES string of the molecule is CCCn1ccnc1C(O)c1cc(Cl)ccc1I. The van der Waals surface area contributed by atoms with Gasteiger partial charge >= 0.3 is 0 Å². The van der Waals surface area contributed by atoms with Crippen LogP contribution in [-0.2, 0) is 6.54 Å². The summed E-state index contributed by atoms with van der Waals surface area (Å²) in [7, 11) is 0. The highest BCUT2D eigenvalue weighted by molar-refractivity contribution is 14.1. The Kier molecular flexibility index (Phi) is 4.64. The maximum atomic E-state index is 10.4. The van der Waals surface area contributed by atoms with E-state index >= 15 is 0 Å². The highest BCUT2D eigenvalue weighted by atomic mass is 127. The number of benzene rings is 1. The topological polar surface area (TPSA) is 38.0 Å². The van der Waals surface area contributed by atoms with E-state index in [1.807, 2.05) is 22.9 Å². The second kappa shape index (κ2) is 6.04. The molecule has 1 aromatic carbocycles. The Morgan fingerprint density at radius 1 is 1.50 bits per heavy atom. The molecule has 1 N–H and O–H groups in total. The molecule has 3 nitrogen and oxygen atoms in total. The summed E-state index contributed by atoms with van der Waals surface area (Å²) >= 11 is 8.18. The van der Waals surface area contributed by atoms with Gasteiger partial charge in [0.25, 0.3) is 0 Å². The zero-order valence-corrected chi connectivity index (χ0v) is 12.9. The standard InChI is InChI=1S/C13H14ClIN2O/c1-2-6-17-7-5-16-13(17)12(18)10-8-9(14)3-4-11(10)15/h3-5,7-8,12,18H,2,6H2,1H3. The molecule has 0 aliphatic heterocycles. The first-order chi connectivity index (χ1) is 8.63. The molecule has 1 unspecified atom stereocenters. The molecule has 2 rings (SSSR count). The molecule has 0 fully saturated rings. The van der Waals surface area contributed by atoms with Crippen LogP contribution >= 0.6 is 34.2 Å². The van der Waals surface area contributed by atoms with Crippen LogP contribution in [0.1, 0.15) is 30.8 Å². The van der Waals surface area contributed by atoms with E-state index in [1.54, 1.807) is 12.3 Å². The normalized spacial score (nSPS) is 12.7. The average molecular weight is 377 g/mol. The largest absolute Gasteiger partial charge is 0.380 e. The van der Waals surface area contributed by atoms with Gasteiger partial charge in [-0.2, -0.15) is 0 Å². The lowest BCUT2D eigenvalue weighted by Crippen LogP contribution is -2.10. The number of aliphatic hydroxyl groups is 1. The third-order valence-corrected chi connectivity index (χ3v) is 3.93. The molecule has 0 aliphatic carbocycles. The Balaban J connectivity index is 2.38. The molecule has 2 aromatic rings. The van der Waals surface area contributed by atoms with Crippen LogP contribution in [-0.4, -0.2) is 14.7 Å². The molecule has 5 heteroatoms. The molecule has 0 saturated heterocycles. The molecule has 1 heterocycles. The molecule has 0 amide bonds. The average Bonchev–Trinajstić information content (AvgIpc) is 2.80. The van der Waals surface area contributed by atoms with Crippen molar-refractivity contribution in [1.29, 1.82) is 0 Å². The monoisotopic (exact) mass is 376 g/mol. The molecule has 1 atom stereocenters. The number of nitrogens with zero attached hydrogens (tertiary/aromatic N) is 2. The summed E-state index contributed by atoms with van der Waals surface area (Å²) in [4.78, 5) is 4.25. The number of imidazole rings is 1. The number of hydrogen-bond donors (Lipinski definition) is 1. The van der Waals surface area contributed by atoms with Gasteiger partial charge in [-0.3, -0.25) is 0 Å². The number of halogens is 2. The predicted molar refractivity (Wildman–Crippen MR) is 80.7 cm³/mol. The number of rotatable bonds is 4. The Morgan fingerprint density at radius 3 is 3.00 bits per heavy atom. The van der Waals surface area contributed by atoms with Crippen LogP contribution in [0, 0.1) is 3.57 Å². The van der Waals surface area contributed by atoms with Gasteiger partial charge in [-0.05, 0) is 47.2 Å². The van der Waals surface area contributed by atoms with Crippen LogP contribution in [0.3, 0.4) is 0 Å². The third kappa shape index (κ3) is 2.87. The molecule has 0 saturated carbocycles. The molecule has 1 aromatic heterocycles. The van der Waals surface area contributed by atoms with Crippen LogP contribution < -0.4 is 0 Å². The number of aliphatic hydroxyl groups excluding tert-OH is 1. The van der Waals surface area contributed by atoms with Gasteiger partial charge in [-0.1, -0.05) is 18.5 Å². The molecular formula is C13H14ClIN2O. The van der Waals surface area contributed by atoms with Crippen molar-refractivity contribution in [3.63, 3.8) is 0 Å². The molecule has 0 spiro atoms. The summed E-state index contributed by atoms with van der Waals surface area (Å²) in [6, 6.07) is 5.51. The lowest BCUT2D eigenvalue weighted by atomic mass is 10.1. The summed E-state index contributed by atoms with van der Waals surface area (Å²) < 4.78 is 2.96. The van der Waals surface area contributed by atoms with Gasteiger partial charge in [0.15, 0.2) is 0 Å². The van der Waals surface area contributed by atoms with Crippen LogP contribution in [0.5, 0.6) is 0 Å². The fraction of sp³-hybridized carbons (Fsp3) is 0.308. The van der Waals surface area contributed by atoms with Crippen molar-refractivity contribution in [1.82, 2.24) is 9.55 Å². The van der Waals surface area contributed by atoms with Crippen LogP contribution in [0.15, 0.2) is 30.6 Å². The number of aromatic nitrogens is 2. The summed E-state index contributed by atoms with van der Waals surface area (Å²) in [6.07, 6.45) is 3.87. The van der Waals surface area contributed by atoms with Gasteiger partial charge in [-0.15, -0.1) is 0 Å². The van der Waals surface area contributed by atoms with E-state index in [0.717, 1.165) is 22.1 Å². The van der Waals surface area contributed by atoms with Crippen molar-refractivity contribution in [2.75, 3.05) is 0 Å². The van der Waals surface area contributed by atoms with E-state index in [2.05, 4.69) is 34.5 Å². The molecule has 0 radical (unpaired) electrons. The van der Waals surface area contributed by atoms with Gasteiger partial charge in [0.05, 0.1) is 0 Å². The fourth-order valence-corrected chi connectivity index (χ4v) is 2.67. The smallest absolute Gasteiger partial charge is 0.142 e. The van der Waals surface area contributed by atoms with E-state index in [0.29, 0.717) is 10.8 Å². The molecule has 0 bridgehead atoms. The zero-order valence-electron chi connectivity index (χ0n) is 9.98. The van der Waals surface area contributed by atoms with E-state index < -0.39 is 6.10 Å². The van der Waals surface area contributed by atoms with Crippen molar-refractivity contribution in [2.24, 2.45) is 0 Å². The Labute approximate surface area is 125 Å². The number of aryl methyl sites for hydroxylation is 1. The first-order valence-corrected chi connectivity index (χ1v) is 7.23. The summed E-state index contributed by atoms with van der Waals surface area (Å²) in [5.41, 5.74) is 0.798. The second-order valence-electron chi connectivity index (χ2n) is 4.05. The van der Waals surface area contributed by atoms with Crippen molar-refractivity contribution in [3.8, 4) is 0 Å². The van der Waals surface area contributed by atoms with Crippen molar-refractivity contribution >= 4 is 34.2 Å². The van der Waals surface area contributed by atoms with Gasteiger partial charge < -0.3 is 9.67 Å². The minimum atomic E-state index is -0.739. The molecule has 96 valence electrons. The third-order valence-electron chi connectivity index (χ3n) is 2.71. The Hall–Kier alpha value is -0.590. The van der Waals surface area contributed by atoms with Crippen LogP contribution in [0.4, 0.5) is 0 Å². The number of hydrogen-bond acceptors (Lipinski definition) is 2. The lowest BCUT2D eigenvalue weighted by Gasteiger charge is -2.15. The van der Waals surface area contributed by atoms with E-state index in [9.17, 15) is 5.11 Å². The fourth-order valence-electron chi connectivity index (χ4n) is 1.86. The summed E-state index contributed by atoms with van der Waals surface area (Å²) in [5, 5.41) is 11.1. The van der Waals surface area contributed by atoms with Crippen molar-refractivity contribution < 1.29 is 5.11 Å². The van der Waals surface area contributed by atoms with Gasteiger partial charge in [0.1, 0.15) is 11.9 Å². The molecular weight excluding hydrogens is 363 g/mol. The quantitative estimate of drug-likeness (QED) is 0.828. The maximum Gasteiger partial charge on any atom is 0.142 e. The summed E-state index contributed by atoms with van der Waals surface area (Å²) in [6.45, 7) is 2.95. The minimum absolute atomic E-state index is 0.623. The summed E-state index contributed by atoms with van der Waals surface area (Å²) in [5.74, 6) is 0.664. The predicted octanol–water partition coefficient (Wildman–Crippen LogP) is 3.63. The molecule has 18 heavy (non-hydrogen) atoms. The van der Waals surface area contributed by atoms with Crippen LogP contribution in [0.25, 0.3) is 0 Å². The maximum absolute atomic E-state index is 10.4. The molecule has 0 aliphatic rings.